The Morgan fingerprint density at radius 1 is 1.33 bits per heavy atom. The van der Waals surface area contributed by atoms with Gasteiger partial charge in [0.1, 0.15) is 5.82 Å². The lowest BCUT2D eigenvalue weighted by Crippen LogP contribution is -2.23. The van der Waals surface area contributed by atoms with Crippen LogP contribution in [0.2, 0.25) is 5.02 Å². The van der Waals surface area contributed by atoms with Crippen molar-refractivity contribution in [1.29, 1.82) is 0 Å². The molecular weight excluding hydrogens is 373 g/mol. The summed E-state index contributed by atoms with van der Waals surface area (Å²) < 4.78 is 41.8. The second-order valence-electron chi connectivity index (χ2n) is 5.02. The number of aryl methyl sites for hydroxylation is 1. The van der Waals surface area contributed by atoms with Crippen LogP contribution >= 0.6 is 22.9 Å². The molecule has 0 radical (unpaired) electrons. The lowest BCUT2D eigenvalue weighted by atomic mass is 10.3. The molecule has 0 unspecified atom stereocenters. The van der Waals surface area contributed by atoms with Crippen LogP contribution in [0, 0.1) is 5.82 Å². The second kappa shape index (κ2) is 6.64. The van der Waals surface area contributed by atoms with E-state index < -0.39 is 15.8 Å². The normalized spacial score (nSPS) is 11.8. The number of hydrogen-bond acceptors (Lipinski definition) is 4. The smallest absolute Gasteiger partial charge is 0.240 e. The number of hydrogen-bond donors (Lipinski definition) is 1. The van der Waals surface area contributed by atoms with Crippen molar-refractivity contribution in [2.24, 2.45) is 7.05 Å². The van der Waals surface area contributed by atoms with Gasteiger partial charge in [-0.2, -0.15) is 5.10 Å². The van der Waals surface area contributed by atoms with E-state index in [1.807, 2.05) is 23.6 Å². The molecule has 9 heteroatoms. The largest absolute Gasteiger partial charge is 0.267 e. The number of nitrogens with one attached hydrogen (secondary N) is 1. The molecule has 3 aromatic rings. The number of nitrogens with zero attached hydrogens (tertiary/aromatic N) is 2. The first-order chi connectivity index (χ1) is 11.4. The molecule has 3 rings (SSSR count). The van der Waals surface area contributed by atoms with Gasteiger partial charge in [0.25, 0.3) is 0 Å². The maximum Gasteiger partial charge on any atom is 0.240 e. The van der Waals surface area contributed by atoms with E-state index in [0.29, 0.717) is 5.69 Å². The zero-order valence-electron chi connectivity index (χ0n) is 12.5. The average Bonchev–Trinajstić information content (AvgIpc) is 3.17. The minimum atomic E-state index is -3.80. The Kier molecular flexibility index (Phi) is 4.73. The van der Waals surface area contributed by atoms with Gasteiger partial charge in [0.05, 0.1) is 32.7 Å². The number of benzene rings is 1. The van der Waals surface area contributed by atoms with E-state index in [9.17, 15) is 12.8 Å². The van der Waals surface area contributed by atoms with Crippen LogP contribution in [0.5, 0.6) is 0 Å². The van der Waals surface area contributed by atoms with E-state index >= 15 is 0 Å². The minimum Gasteiger partial charge on any atom is -0.267 e. The molecule has 0 fully saturated rings. The summed E-state index contributed by atoms with van der Waals surface area (Å²) in [7, 11) is -2.00. The van der Waals surface area contributed by atoms with Gasteiger partial charge in [0.2, 0.25) is 10.0 Å². The van der Waals surface area contributed by atoms with Crippen LogP contribution in [0.1, 0.15) is 5.69 Å². The molecule has 0 atom stereocenters. The maximum atomic E-state index is 13.2. The van der Waals surface area contributed by atoms with E-state index in [1.54, 1.807) is 23.1 Å². The third-order valence-corrected chi connectivity index (χ3v) is 5.93. The Bertz CT molecular complexity index is 969. The monoisotopic (exact) mass is 385 g/mol. The predicted molar refractivity (Wildman–Crippen MR) is 92.0 cm³/mol. The van der Waals surface area contributed by atoms with Crippen molar-refractivity contribution in [1.82, 2.24) is 14.5 Å². The Balaban J connectivity index is 1.78. The van der Waals surface area contributed by atoms with Crippen molar-refractivity contribution < 1.29 is 12.8 Å². The first-order valence-corrected chi connectivity index (χ1v) is 9.62. The molecule has 0 aliphatic carbocycles. The molecule has 1 N–H and O–H groups in total. The van der Waals surface area contributed by atoms with Crippen LogP contribution in [0.25, 0.3) is 10.6 Å². The first-order valence-electron chi connectivity index (χ1n) is 6.88. The minimum absolute atomic E-state index is 0.0243. The number of sulfonamides is 1. The zero-order valence-corrected chi connectivity index (χ0v) is 14.9. The molecule has 0 saturated carbocycles. The Morgan fingerprint density at radius 3 is 2.79 bits per heavy atom. The molecule has 0 aliphatic heterocycles. The summed E-state index contributed by atoms with van der Waals surface area (Å²) in [4.78, 5) is 0.952. The van der Waals surface area contributed by atoms with Crippen LogP contribution in [0.15, 0.2) is 46.7 Å². The van der Waals surface area contributed by atoms with Crippen molar-refractivity contribution >= 4 is 33.0 Å². The number of thiophene rings is 1. The topological polar surface area (TPSA) is 64.0 Å². The van der Waals surface area contributed by atoms with E-state index in [-0.39, 0.29) is 16.5 Å². The van der Waals surface area contributed by atoms with Crippen molar-refractivity contribution in [2.75, 3.05) is 0 Å². The van der Waals surface area contributed by atoms with Gasteiger partial charge in [-0.25, -0.2) is 17.5 Å². The molecule has 24 heavy (non-hydrogen) atoms. The van der Waals surface area contributed by atoms with E-state index in [2.05, 4.69) is 9.82 Å². The molecule has 0 bridgehead atoms. The molecule has 0 amide bonds. The summed E-state index contributed by atoms with van der Waals surface area (Å²) in [5, 5.41) is 6.03. The lowest BCUT2D eigenvalue weighted by molar-refractivity contribution is 0.578. The van der Waals surface area contributed by atoms with Crippen molar-refractivity contribution in [3.05, 3.63) is 58.3 Å². The summed E-state index contributed by atoms with van der Waals surface area (Å²) in [6.45, 7) is 0.0243. The van der Waals surface area contributed by atoms with E-state index in [1.165, 1.54) is 6.07 Å². The summed E-state index contributed by atoms with van der Waals surface area (Å²) >= 11 is 7.21. The van der Waals surface area contributed by atoms with Crippen LogP contribution in [-0.2, 0) is 23.6 Å². The van der Waals surface area contributed by atoms with Gasteiger partial charge in [-0.1, -0.05) is 17.7 Å². The van der Waals surface area contributed by atoms with Gasteiger partial charge < -0.3 is 0 Å². The number of rotatable bonds is 5. The van der Waals surface area contributed by atoms with Crippen LogP contribution < -0.4 is 4.72 Å². The fourth-order valence-corrected chi connectivity index (χ4v) is 4.21. The SMILES string of the molecule is Cn1nc(CNS(=O)(=O)c2ccc(F)c(Cl)c2)cc1-c1cccs1. The van der Waals surface area contributed by atoms with Gasteiger partial charge in [-0.3, -0.25) is 4.68 Å². The Morgan fingerprint density at radius 2 is 2.12 bits per heavy atom. The molecule has 0 saturated heterocycles. The first kappa shape index (κ1) is 17.1. The fraction of sp³-hybridized carbons (Fsp3) is 0.133. The lowest BCUT2D eigenvalue weighted by Gasteiger charge is -2.06. The third kappa shape index (κ3) is 3.51. The summed E-state index contributed by atoms with van der Waals surface area (Å²) in [6, 6.07) is 9.00. The molecule has 1 aromatic carbocycles. The highest BCUT2D eigenvalue weighted by molar-refractivity contribution is 7.89. The molecule has 0 spiro atoms. The van der Waals surface area contributed by atoms with Crippen LogP contribution in [0.4, 0.5) is 4.39 Å². The Labute approximate surface area is 147 Å². The van der Waals surface area contributed by atoms with Gasteiger partial charge >= 0.3 is 0 Å². The average molecular weight is 386 g/mol. The second-order valence-corrected chi connectivity index (χ2v) is 8.14. The highest BCUT2D eigenvalue weighted by Gasteiger charge is 2.17. The van der Waals surface area contributed by atoms with Gasteiger partial charge in [0.15, 0.2) is 0 Å². The van der Waals surface area contributed by atoms with Gasteiger partial charge in [0, 0.05) is 7.05 Å². The van der Waals surface area contributed by atoms with Crippen LogP contribution in [-0.4, -0.2) is 18.2 Å². The fourth-order valence-electron chi connectivity index (χ4n) is 2.16. The highest BCUT2D eigenvalue weighted by atomic mass is 35.5. The number of halogens is 2. The molecule has 126 valence electrons. The summed E-state index contributed by atoms with van der Waals surface area (Å²) in [6.07, 6.45) is 0. The van der Waals surface area contributed by atoms with E-state index in [4.69, 9.17) is 11.6 Å². The zero-order chi connectivity index (χ0) is 17.3. The van der Waals surface area contributed by atoms with Crippen molar-refractivity contribution in [2.45, 2.75) is 11.4 Å². The molecule has 2 aromatic heterocycles. The predicted octanol–water partition coefficient (Wildman–Crippen LogP) is 3.42. The number of aromatic nitrogens is 2. The van der Waals surface area contributed by atoms with E-state index in [0.717, 1.165) is 22.7 Å². The third-order valence-electron chi connectivity index (χ3n) is 3.35. The summed E-state index contributed by atoms with van der Waals surface area (Å²) in [5.74, 6) is -0.666. The molecule has 0 aliphatic rings. The maximum absolute atomic E-state index is 13.2. The summed E-state index contributed by atoms with van der Waals surface area (Å²) in [5.41, 5.74) is 1.49. The van der Waals surface area contributed by atoms with Crippen LogP contribution in [0.3, 0.4) is 0 Å². The van der Waals surface area contributed by atoms with Crippen molar-refractivity contribution in [3.63, 3.8) is 0 Å². The molecular formula is C15H13ClFN3O2S2. The van der Waals surface area contributed by atoms with Gasteiger partial charge in [-0.05, 0) is 35.7 Å². The quantitative estimate of drug-likeness (QED) is 0.731. The standard InChI is InChI=1S/C15H13ClFN3O2S2/c1-20-14(15-3-2-6-23-15)7-10(19-20)9-18-24(21,22)11-4-5-13(17)12(16)8-11/h2-8,18H,9H2,1H3. The highest BCUT2D eigenvalue weighted by Crippen LogP contribution is 2.25. The molecule has 5 nitrogen and oxygen atoms in total. The Hall–Kier alpha value is -1.74. The van der Waals surface area contributed by atoms with Gasteiger partial charge in [-0.15, -0.1) is 11.3 Å². The molecule has 2 heterocycles. The van der Waals surface area contributed by atoms with Crippen molar-refractivity contribution in [3.8, 4) is 10.6 Å².